The summed E-state index contributed by atoms with van der Waals surface area (Å²) in [5, 5.41) is 0.733. The highest BCUT2D eigenvalue weighted by Crippen LogP contribution is 2.26. The second-order valence-electron chi connectivity index (χ2n) is 6.56. The van der Waals surface area contributed by atoms with Crippen LogP contribution in [-0.2, 0) is 6.54 Å². The number of rotatable bonds is 6. The lowest BCUT2D eigenvalue weighted by Gasteiger charge is -2.16. The number of nitrogens with zero attached hydrogens (tertiary/aromatic N) is 2. The maximum atomic E-state index is 13.0. The molecule has 0 radical (unpaired) electrons. The van der Waals surface area contributed by atoms with Crippen LogP contribution in [-0.4, -0.2) is 20.6 Å². The smallest absolute Gasteiger partial charge is 0.262 e. The molecule has 0 aliphatic rings. The van der Waals surface area contributed by atoms with Gasteiger partial charge in [0.05, 0.1) is 16.2 Å². The van der Waals surface area contributed by atoms with Crippen molar-refractivity contribution in [3.63, 3.8) is 0 Å². The van der Waals surface area contributed by atoms with Crippen molar-refractivity contribution in [2.75, 3.05) is 0 Å². The van der Waals surface area contributed by atoms with Crippen LogP contribution in [0.5, 0.6) is 0 Å². The fraction of sp³-hybridized carbons (Fsp3) is 0.227. The van der Waals surface area contributed by atoms with Crippen LogP contribution in [0, 0.1) is 13.8 Å². The molecule has 0 amide bonds. The summed E-state index contributed by atoms with van der Waals surface area (Å²) in [6.07, 6.45) is 1.67. The molecule has 0 N–H and O–H groups in total. The summed E-state index contributed by atoms with van der Waals surface area (Å²) in [6, 6.07) is 13.1. The second-order valence-corrected chi connectivity index (χ2v) is 7.87. The van der Waals surface area contributed by atoms with E-state index < -0.39 is 0 Å². The van der Waals surface area contributed by atoms with E-state index in [1.807, 2.05) is 57.2 Å². The van der Waals surface area contributed by atoms with Crippen LogP contribution in [0.2, 0.25) is 0 Å². The fourth-order valence-corrected chi connectivity index (χ4v) is 3.95. The Morgan fingerprint density at radius 1 is 1.26 bits per heavy atom. The van der Waals surface area contributed by atoms with Crippen LogP contribution in [0.4, 0.5) is 0 Å². The molecule has 3 rings (SSSR count). The van der Waals surface area contributed by atoms with Gasteiger partial charge in [-0.15, -0.1) is 6.58 Å². The number of hydrogen-bond acceptors (Lipinski definition) is 4. The summed E-state index contributed by atoms with van der Waals surface area (Å²) in [7, 11) is 0. The quantitative estimate of drug-likeness (QED) is 0.273. The van der Waals surface area contributed by atoms with Crippen LogP contribution < -0.4 is 5.56 Å². The normalized spacial score (nSPS) is 12.1. The van der Waals surface area contributed by atoms with Gasteiger partial charge in [0.2, 0.25) is 0 Å². The molecule has 0 saturated carbocycles. The lowest BCUT2D eigenvalue weighted by atomic mass is 10.0. The molecule has 0 spiro atoms. The Labute approximate surface area is 162 Å². The van der Waals surface area contributed by atoms with E-state index in [4.69, 9.17) is 0 Å². The number of fused-ring (bicyclic) bond motifs is 1. The number of hydrogen-bond donors (Lipinski definition) is 0. The van der Waals surface area contributed by atoms with Crippen molar-refractivity contribution in [1.82, 2.24) is 9.55 Å². The van der Waals surface area contributed by atoms with E-state index in [9.17, 15) is 9.59 Å². The first-order chi connectivity index (χ1) is 12.9. The van der Waals surface area contributed by atoms with Gasteiger partial charge in [-0.05, 0) is 44.5 Å². The number of benzene rings is 2. The van der Waals surface area contributed by atoms with Crippen molar-refractivity contribution in [2.24, 2.45) is 0 Å². The SMILES string of the molecule is C=CCn1c(S[C@H](C)C(=O)c2cc(C)ccc2C)nc2ccccc2c1=O. The van der Waals surface area contributed by atoms with Gasteiger partial charge >= 0.3 is 0 Å². The van der Waals surface area contributed by atoms with Gasteiger partial charge in [-0.2, -0.15) is 0 Å². The molecular formula is C22H22N2O2S. The van der Waals surface area contributed by atoms with Crippen molar-refractivity contribution in [2.45, 2.75) is 37.7 Å². The third-order valence-electron chi connectivity index (χ3n) is 4.45. The highest BCUT2D eigenvalue weighted by molar-refractivity contribution is 8.00. The third kappa shape index (κ3) is 3.88. The first-order valence-corrected chi connectivity index (χ1v) is 9.69. The molecule has 4 nitrogen and oxygen atoms in total. The van der Waals surface area contributed by atoms with Gasteiger partial charge in [0.25, 0.3) is 5.56 Å². The molecule has 2 aromatic carbocycles. The Bertz CT molecular complexity index is 1090. The van der Waals surface area contributed by atoms with Crippen molar-refractivity contribution >= 4 is 28.4 Å². The summed E-state index contributed by atoms with van der Waals surface area (Å²) in [6.45, 7) is 9.85. The Hall–Kier alpha value is -2.66. The van der Waals surface area contributed by atoms with Crippen LogP contribution in [0.25, 0.3) is 10.9 Å². The van der Waals surface area contributed by atoms with Crippen LogP contribution >= 0.6 is 11.8 Å². The maximum Gasteiger partial charge on any atom is 0.262 e. The van der Waals surface area contributed by atoms with Gasteiger partial charge in [0.1, 0.15) is 0 Å². The third-order valence-corrected chi connectivity index (χ3v) is 5.54. The molecule has 0 aliphatic heterocycles. The number of Topliss-reactive ketones (excluding diaryl/α,β-unsaturated/α-hetero) is 1. The summed E-state index contributed by atoms with van der Waals surface area (Å²) in [5.41, 5.74) is 3.24. The van der Waals surface area contributed by atoms with E-state index in [2.05, 4.69) is 11.6 Å². The highest BCUT2D eigenvalue weighted by atomic mass is 32.2. The number of aryl methyl sites for hydroxylation is 2. The minimum Gasteiger partial charge on any atom is -0.293 e. The lowest BCUT2D eigenvalue weighted by molar-refractivity contribution is 0.0993. The van der Waals surface area contributed by atoms with E-state index in [0.29, 0.717) is 28.2 Å². The number of thioether (sulfide) groups is 1. The van der Waals surface area contributed by atoms with Gasteiger partial charge in [-0.3, -0.25) is 14.2 Å². The van der Waals surface area contributed by atoms with Gasteiger partial charge < -0.3 is 0 Å². The van der Waals surface area contributed by atoms with Crippen LogP contribution in [0.1, 0.15) is 28.4 Å². The summed E-state index contributed by atoms with van der Waals surface area (Å²) in [5.74, 6) is 0.0359. The van der Waals surface area contributed by atoms with Gasteiger partial charge in [0.15, 0.2) is 10.9 Å². The monoisotopic (exact) mass is 378 g/mol. The molecular weight excluding hydrogens is 356 g/mol. The Balaban J connectivity index is 2.01. The minimum absolute atomic E-state index is 0.0359. The lowest BCUT2D eigenvalue weighted by Crippen LogP contribution is -2.24. The number of para-hydroxylation sites is 1. The Morgan fingerprint density at radius 3 is 2.74 bits per heavy atom. The van der Waals surface area contributed by atoms with Crippen molar-refractivity contribution in [1.29, 1.82) is 0 Å². The molecule has 1 heterocycles. The minimum atomic E-state index is -0.366. The van der Waals surface area contributed by atoms with Crippen LogP contribution in [0.15, 0.2) is 65.1 Å². The zero-order valence-electron chi connectivity index (χ0n) is 15.7. The molecule has 27 heavy (non-hydrogen) atoms. The molecule has 0 fully saturated rings. The topological polar surface area (TPSA) is 52.0 Å². The number of carbonyl (C=O) groups excluding carboxylic acids is 1. The molecule has 0 aliphatic carbocycles. The highest BCUT2D eigenvalue weighted by Gasteiger charge is 2.21. The van der Waals surface area contributed by atoms with E-state index >= 15 is 0 Å². The van der Waals surface area contributed by atoms with E-state index in [1.54, 1.807) is 16.7 Å². The number of allylic oxidation sites excluding steroid dienone is 1. The molecule has 3 aromatic rings. The number of aromatic nitrogens is 2. The van der Waals surface area contributed by atoms with E-state index in [1.165, 1.54) is 11.8 Å². The predicted octanol–water partition coefficient (Wildman–Crippen LogP) is 4.56. The van der Waals surface area contributed by atoms with E-state index in [-0.39, 0.29) is 16.6 Å². The number of carbonyl (C=O) groups is 1. The summed E-state index contributed by atoms with van der Waals surface area (Å²) < 4.78 is 1.58. The fourth-order valence-electron chi connectivity index (χ4n) is 2.96. The largest absolute Gasteiger partial charge is 0.293 e. The molecule has 138 valence electrons. The van der Waals surface area contributed by atoms with Gasteiger partial charge in [-0.25, -0.2) is 4.98 Å². The average molecular weight is 378 g/mol. The second kappa shape index (κ2) is 7.92. The molecule has 1 aromatic heterocycles. The molecule has 1 atom stereocenters. The summed E-state index contributed by atoms with van der Waals surface area (Å²) in [4.78, 5) is 30.5. The summed E-state index contributed by atoms with van der Waals surface area (Å²) >= 11 is 1.31. The molecule has 5 heteroatoms. The number of ketones is 1. The van der Waals surface area contributed by atoms with Crippen molar-refractivity contribution in [3.05, 3.63) is 82.2 Å². The van der Waals surface area contributed by atoms with Gasteiger partial charge in [0, 0.05) is 12.1 Å². The first kappa shape index (κ1) is 19.1. The van der Waals surface area contributed by atoms with Crippen LogP contribution in [0.3, 0.4) is 0 Å². The zero-order valence-corrected chi connectivity index (χ0v) is 16.5. The predicted molar refractivity (Wildman–Crippen MR) is 112 cm³/mol. The van der Waals surface area contributed by atoms with Gasteiger partial charge in [-0.1, -0.05) is 47.7 Å². The Kier molecular flexibility index (Phi) is 5.61. The zero-order chi connectivity index (χ0) is 19.6. The average Bonchev–Trinajstić information content (AvgIpc) is 2.66. The van der Waals surface area contributed by atoms with Crippen molar-refractivity contribution < 1.29 is 4.79 Å². The maximum absolute atomic E-state index is 13.0. The molecule has 0 saturated heterocycles. The molecule has 0 bridgehead atoms. The first-order valence-electron chi connectivity index (χ1n) is 8.81. The standard InChI is InChI=1S/C22H22N2O2S/c1-5-12-24-21(26)17-8-6-7-9-19(17)23-22(24)27-16(4)20(25)18-13-14(2)10-11-15(18)3/h5-11,13,16H,1,12H2,2-4H3/t16-/m1/s1. The Morgan fingerprint density at radius 2 is 2.00 bits per heavy atom. The molecule has 0 unspecified atom stereocenters. The van der Waals surface area contributed by atoms with E-state index in [0.717, 1.165) is 11.1 Å². The van der Waals surface area contributed by atoms with Crippen molar-refractivity contribution in [3.8, 4) is 0 Å².